The lowest BCUT2D eigenvalue weighted by Gasteiger charge is -2.05. The summed E-state index contributed by atoms with van der Waals surface area (Å²) in [6, 6.07) is 12.2. The maximum absolute atomic E-state index is 14.4. The molecule has 0 unspecified atom stereocenters. The van der Waals surface area contributed by atoms with Crippen molar-refractivity contribution in [1.82, 2.24) is 19.7 Å². The van der Waals surface area contributed by atoms with Gasteiger partial charge in [-0.15, -0.1) is 11.3 Å². The maximum Gasteiger partial charge on any atom is 0.307 e. The van der Waals surface area contributed by atoms with E-state index in [0.717, 1.165) is 10.2 Å². The standard InChI is InChI=1S/C19H13FN4O2S/c20-14-8-12(5-6-16(14)24-11-21-10-22-24)7-13(9-18(25)26)19-23-15-3-1-2-4-17(15)27-19/h1-8,10-11H,9H2,(H,25,26)/b13-7-. The summed E-state index contributed by atoms with van der Waals surface area (Å²) in [5.41, 5.74) is 2.15. The Morgan fingerprint density at radius 3 is 2.81 bits per heavy atom. The van der Waals surface area contributed by atoms with Crippen LogP contribution in [0.1, 0.15) is 17.0 Å². The number of carboxylic acids is 1. The van der Waals surface area contributed by atoms with Crippen LogP contribution < -0.4 is 0 Å². The van der Waals surface area contributed by atoms with Gasteiger partial charge in [-0.2, -0.15) is 5.10 Å². The van der Waals surface area contributed by atoms with Crippen molar-refractivity contribution in [2.75, 3.05) is 0 Å². The number of thiazole rings is 1. The predicted molar refractivity (Wildman–Crippen MR) is 101 cm³/mol. The maximum atomic E-state index is 14.4. The number of hydrogen-bond acceptors (Lipinski definition) is 5. The summed E-state index contributed by atoms with van der Waals surface area (Å²) in [4.78, 5) is 19.6. The Kier molecular flexibility index (Phi) is 4.47. The van der Waals surface area contributed by atoms with Gasteiger partial charge in [0.25, 0.3) is 0 Å². The largest absolute Gasteiger partial charge is 0.481 e. The first-order chi connectivity index (χ1) is 13.1. The Bertz CT molecular complexity index is 1120. The van der Waals surface area contributed by atoms with Crippen LogP contribution in [0.2, 0.25) is 0 Å². The molecule has 0 aliphatic rings. The SMILES string of the molecule is O=C(O)C/C(=C/c1ccc(-n2cncn2)c(F)c1)c1nc2ccccc2s1. The minimum Gasteiger partial charge on any atom is -0.481 e. The monoisotopic (exact) mass is 380 g/mol. The molecule has 2 aromatic carbocycles. The molecule has 6 nitrogen and oxygen atoms in total. The van der Waals surface area contributed by atoms with Gasteiger partial charge in [-0.25, -0.2) is 19.0 Å². The highest BCUT2D eigenvalue weighted by Gasteiger charge is 2.13. The van der Waals surface area contributed by atoms with Crippen LogP contribution in [0, 0.1) is 5.82 Å². The van der Waals surface area contributed by atoms with Crippen molar-refractivity contribution in [3.8, 4) is 5.69 Å². The summed E-state index contributed by atoms with van der Waals surface area (Å²) in [5.74, 6) is -1.45. The molecule has 2 aromatic heterocycles. The molecule has 0 amide bonds. The van der Waals surface area contributed by atoms with E-state index in [-0.39, 0.29) is 12.1 Å². The van der Waals surface area contributed by atoms with E-state index < -0.39 is 11.8 Å². The molecule has 0 spiro atoms. The zero-order valence-electron chi connectivity index (χ0n) is 13.9. The first kappa shape index (κ1) is 17.0. The molecular weight excluding hydrogens is 367 g/mol. The van der Waals surface area contributed by atoms with E-state index in [2.05, 4.69) is 15.1 Å². The first-order valence-electron chi connectivity index (χ1n) is 8.03. The van der Waals surface area contributed by atoms with Gasteiger partial charge in [0.15, 0.2) is 0 Å². The number of aromatic nitrogens is 4. The van der Waals surface area contributed by atoms with Crippen LogP contribution in [0.25, 0.3) is 27.6 Å². The number of carbonyl (C=O) groups is 1. The van der Waals surface area contributed by atoms with E-state index in [0.29, 0.717) is 16.1 Å². The van der Waals surface area contributed by atoms with Crippen molar-refractivity contribution in [2.45, 2.75) is 6.42 Å². The second-order valence-corrected chi connectivity index (χ2v) is 6.81. The molecule has 0 radical (unpaired) electrons. The molecule has 1 N–H and O–H groups in total. The normalized spacial score (nSPS) is 11.8. The average Bonchev–Trinajstić information content (AvgIpc) is 3.30. The molecule has 27 heavy (non-hydrogen) atoms. The van der Waals surface area contributed by atoms with Crippen molar-refractivity contribution in [3.63, 3.8) is 0 Å². The fourth-order valence-corrected chi connectivity index (χ4v) is 3.67. The van der Waals surface area contributed by atoms with E-state index in [9.17, 15) is 14.3 Å². The van der Waals surface area contributed by atoms with Gasteiger partial charge in [0.2, 0.25) is 0 Å². The molecule has 0 bridgehead atoms. The Morgan fingerprint density at radius 1 is 1.26 bits per heavy atom. The molecular formula is C19H13FN4O2S. The molecule has 0 saturated heterocycles. The van der Waals surface area contributed by atoms with E-state index >= 15 is 0 Å². The zero-order chi connectivity index (χ0) is 18.8. The topological polar surface area (TPSA) is 80.9 Å². The van der Waals surface area contributed by atoms with E-state index in [1.165, 1.54) is 34.7 Å². The van der Waals surface area contributed by atoms with Gasteiger partial charge in [0.1, 0.15) is 29.2 Å². The van der Waals surface area contributed by atoms with Crippen LogP contribution in [0.3, 0.4) is 0 Å². The fraction of sp³-hybridized carbons (Fsp3) is 0.0526. The number of hydrogen-bond donors (Lipinski definition) is 1. The lowest BCUT2D eigenvalue weighted by atomic mass is 10.1. The van der Waals surface area contributed by atoms with Crippen LogP contribution in [0.5, 0.6) is 0 Å². The molecule has 0 aliphatic carbocycles. The summed E-state index contributed by atoms with van der Waals surface area (Å²) in [7, 11) is 0. The third kappa shape index (κ3) is 3.61. The Morgan fingerprint density at radius 2 is 2.11 bits per heavy atom. The van der Waals surface area contributed by atoms with E-state index in [1.54, 1.807) is 18.2 Å². The van der Waals surface area contributed by atoms with Crippen molar-refractivity contribution in [3.05, 3.63) is 71.5 Å². The predicted octanol–water partition coefficient (Wildman–Crippen LogP) is 4.03. The third-order valence-electron chi connectivity index (χ3n) is 3.89. The number of halogens is 1. The van der Waals surface area contributed by atoms with Crippen LogP contribution in [0.15, 0.2) is 55.1 Å². The number of fused-ring (bicyclic) bond motifs is 1. The molecule has 0 atom stereocenters. The summed E-state index contributed by atoms with van der Waals surface area (Å²) in [5, 5.41) is 13.8. The smallest absolute Gasteiger partial charge is 0.307 e. The molecule has 134 valence electrons. The number of rotatable bonds is 5. The van der Waals surface area contributed by atoms with Gasteiger partial charge in [-0.05, 0) is 41.5 Å². The number of carboxylic acid groups (broad SMARTS) is 1. The van der Waals surface area contributed by atoms with Crippen molar-refractivity contribution in [1.29, 1.82) is 0 Å². The lowest BCUT2D eigenvalue weighted by molar-refractivity contribution is -0.135. The van der Waals surface area contributed by atoms with Crippen LogP contribution in [-0.4, -0.2) is 30.8 Å². The molecule has 0 fully saturated rings. The summed E-state index contributed by atoms with van der Waals surface area (Å²) in [6.45, 7) is 0. The number of benzene rings is 2. The Labute approximate surface area is 157 Å². The highest BCUT2D eigenvalue weighted by Crippen LogP contribution is 2.30. The van der Waals surface area contributed by atoms with Crippen molar-refractivity contribution in [2.24, 2.45) is 0 Å². The number of para-hydroxylation sites is 1. The van der Waals surface area contributed by atoms with Crippen LogP contribution in [-0.2, 0) is 4.79 Å². The second kappa shape index (κ2) is 7.08. The Hall–Kier alpha value is -3.39. The molecule has 4 rings (SSSR count). The minimum absolute atomic E-state index is 0.202. The van der Waals surface area contributed by atoms with Crippen LogP contribution >= 0.6 is 11.3 Å². The molecule has 0 aliphatic heterocycles. The molecule has 4 aromatic rings. The fourth-order valence-electron chi connectivity index (χ4n) is 2.69. The van der Waals surface area contributed by atoms with Gasteiger partial charge in [-0.1, -0.05) is 18.2 Å². The van der Waals surface area contributed by atoms with Crippen molar-refractivity contribution >= 4 is 39.2 Å². The average molecular weight is 380 g/mol. The van der Waals surface area contributed by atoms with E-state index in [4.69, 9.17) is 0 Å². The summed E-state index contributed by atoms with van der Waals surface area (Å²) >= 11 is 1.41. The minimum atomic E-state index is -0.972. The van der Waals surface area contributed by atoms with Gasteiger partial charge in [0, 0.05) is 0 Å². The van der Waals surface area contributed by atoms with E-state index in [1.807, 2.05) is 24.3 Å². The second-order valence-electron chi connectivity index (χ2n) is 5.78. The molecule has 0 saturated carbocycles. The quantitative estimate of drug-likeness (QED) is 0.565. The Balaban J connectivity index is 1.75. The molecule has 2 heterocycles. The first-order valence-corrected chi connectivity index (χ1v) is 8.84. The summed E-state index contributed by atoms with van der Waals surface area (Å²) < 4.78 is 16.7. The number of aliphatic carboxylic acids is 1. The summed E-state index contributed by atoms with van der Waals surface area (Å²) in [6.07, 6.45) is 4.18. The van der Waals surface area contributed by atoms with Gasteiger partial charge in [-0.3, -0.25) is 4.79 Å². The van der Waals surface area contributed by atoms with Gasteiger partial charge < -0.3 is 5.11 Å². The lowest BCUT2D eigenvalue weighted by Crippen LogP contribution is -1.99. The molecule has 8 heteroatoms. The number of nitrogens with zero attached hydrogens (tertiary/aromatic N) is 4. The highest BCUT2D eigenvalue weighted by molar-refractivity contribution is 7.19. The van der Waals surface area contributed by atoms with Gasteiger partial charge in [0.05, 0.1) is 16.6 Å². The van der Waals surface area contributed by atoms with Gasteiger partial charge >= 0.3 is 5.97 Å². The zero-order valence-corrected chi connectivity index (χ0v) is 14.7. The highest BCUT2D eigenvalue weighted by atomic mass is 32.1. The third-order valence-corrected chi connectivity index (χ3v) is 5.00. The van der Waals surface area contributed by atoms with Crippen LogP contribution in [0.4, 0.5) is 4.39 Å². The van der Waals surface area contributed by atoms with Crippen molar-refractivity contribution < 1.29 is 14.3 Å².